The van der Waals surface area contributed by atoms with Gasteiger partial charge in [-0.3, -0.25) is 4.57 Å². The fraction of sp³-hybridized carbons (Fsp3) is 0.333. The molecule has 3 aromatic heterocycles. The third-order valence-electron chi connectivity index (χ3n) is 3.38. The van der Waals surface area contributed by atoms with Crippen molar-refractivity contribution >= 4 is 17.3 Å². The van der Waals surface area contributed by atoms with E-state index in [1.807, 2.05) is 55.7 Å². The van der Waals surface area contributed by atoms with Crippen LogP contribution in [0.25, 0.3) is 17.0 Å². The van der Waals surface area contributed by atoms with Crippen LogP contribution in [0.1, 0.15) is 26.6 Å². The first kappa shape index (κ1) is 16.9. The molecule has 1 N–H and O–H groups in total. The van der Waals surface area contributed by atoms with Gasteiger partial charge >= 0.3 is 6.09 Å². The highest BCUT2D eigenvalue weighted by molar-refractivity contribution is 5.73. The first-order chi connectivity index (χ1) is 11.9. The normalized spacial score (nSPS) is 11.5. The number of hydrogen-bond donors (Lipinski definition) is 1. The Hall–Kier alpha value is -2.96. The summed E-state index contributed by atoms with van der Waals surface area (Å²) in [6.07, 6.45) is 3.55. The Morgan fingerprint density at radius 3 is 2.68 bits per heavy atom. The zero-order valence-corrected chi connectivity index (χ0v) is 14.6. The third-order valence-corrected chi connectivity index (χ3v) is 3.38. The van der Waals surface area contributed by atoms with Crippen LogP contribution in [0.5, 0.6) is 0 Å². The number of aromatic nitrogens is 4. The minimum Gasteiger partial charge on any atom is -0.444 e. The number of ether oxygens (including phenoxy) is 1. The Bertz CT molecular complexity index is 868. The van der Waals surface area contributed by atoms with Crippen LogP contribution in [0.2, 0.25) is 0 Å². The maximum absolute atomic E-state index is 11.8. The molecule has 0 bridgehead atoms. The Morgan fingerprint density at radius 1 is 1.16 bits per heavy atom. The van der Waals surface area contributed by atoms with E-state index in [9.17, 15) is 4.79 Å². The van der Waals surface area contributed by atoms with Crippen molar-refractivity contribution < 1.29 is 9.53 Å². The highest BCUT2D eigenvalue weighted by atomic mass is 16.6. The van der Waals surface area contributed by atoms with Crippen LogP contribution in [-0.2, 0) is 11.2 Å². The molecule has 0 saturated carbocycles. The number of hydrogen-bond acceptors (Lipinski definition) is 5. The summed E-state index contributed by atoms with van der Waals surface area (Å²) in [4.78, 5) is 25.2. The fourth-order valence-electron chi connectivity index (χ4n) is 2.44. The summed E-state index contributed by atoms with van der Waals surface area (Å²) in [5, 5.41) is 2.76. The van der Waals surface area contributed by atoms with Gasteiger partial charge in [0.15, 0.2) is 5.65 Å². The van der Waals surface area contributed by atoms with Crippen molar-refractivity contribution in [1.29, 1.82) is 0 Å². The van der Waals surface area contributed by atoms with Crippen LogP contribution < -0.4 is 5.32 Å². The molecule has 0 aliphatic heterocycles. The number of carbonyl (C=O) groups excluding carboxylic acids is 1. The first-order valence-electron chi connectivity index (χ1n) is 8.15. The van der Waals surface area contributed by atoms with Gasteiger partial charge in [0.1, 0.15) is 22.8 Å². The van der Waals surface area contributed by atoms with Crippen LogP contribution in [0.3, 0.4) is 0 Å². The summed E-state index contributed by atoms with van der Waals surface area (Å²) >= 11 is 0. The number of nitrogens with zero attached hydrogens (tertiary/aromatic N) is 4. The van der Waals surface area contributed by atoms with Gasteiger partial charge < -0.3 is 10.1 Å². The largest absolute Gasteiger partial charge is 0.444 e. The Kier molecular flexibility index (Phi) is 4.65. The molecule has 3 heterocycles. The van der Waals surface area contributed by atoms with Crippen molar-refractivity contribution in [1.82, 2.24) is 24.8 Å². The van der Waals surface area contributed by atoms with Crippen molar-refractivity contribution in [2.75, 3.05) is 6.54 Å². The van der Waals surface area contributed by atoms with Crippen molar-refractivity contribution in [3.05, 3.63) is 48.5 Å². The van der Waals surface area contributed by atoms with Crippen LogP contribution in [0, 0.1) is 0 Å². The fourth-order valence-corrected chi connectivity index (χ4v) is 2.44. The van der Waals surface area contributed by atoms with E-state index in [1.54, 1.807) is 12.4 Å². The molecule has 130 valence electrons. The van der Waals surface area contributed by atoms with Crippen LogP contribution in [-0.4, -0.2) is 37.8 Å². The van der Waals surface area contributed by atoms with E-state index in [-0.39, 0.29) is 0 Å². The van der Waals surface area contributed by atoms with E-state index >= 15 is 0 Å². The van der Waals surface area contributed by atoms with Gasteiger partial charge in [-0.2, -0.15) is 0 Å². The van der Waals surface area contributed by atoms with Gasteiger partial charge in [0.25, 0.3) is 0 Å². The quantitative estimate of drug-likeness (QED) is 0.790. The van der Waals surface area contributed by atoms with Gasteiger partial charge in [-0.25, -0.2) is 19.7 Å². The number of imidazole rings is 1. The number of pyridine rings is 2. The molecule has 0 radical (unpaired) electrons. The highest BCUT2D eigenvalue weighted by Crippen LogP contribution is 2.18. The maximum Gasteiger partial charge on any atom is 0.407 e. The highest BCUT2D eigenvalue weighted by Gasteiger charge is 2.17. The molecule has 0 aliphatic carbocycles. The van der Waals surface area contributed by atoms with Crippen molar-refractivity contribution in [3.63, 3.8) is 0 Å². The Morgan fingerprint density at radius 2 is 1.96 bits per heavy atom. The molecule has 0 aromatic carbocycles. The predicted octanol–water partition coefficient (Wildman–Crippen LogP) is 2.88. The van der Waals surface area contributed by atoms with E-state index in [1.165, 1.54) is 0 Å². The number of amides is 1. The number of fused-ring (bicyclic) bond motifs is 1. The zero-order chi connectivity index (χ0) is 17.9. The lowest BCUT2D eigenvalue weighted by molar-refractivity contribution is 0.0528. The van der Waals surface area contributed by atoms with E-state index in [0.29, 0.717) is 13.0 Å². The van der Waals surface area contributed by atoms with Crippen molar-refractivity contribution in [2.45, 2.75) is 32.8 Å². The Balaban J connectivity index is 1.81. The van der Waals surface area contributed by atoms with Crippen molar-refractivity contribution in [3.8, 4) is 5.82 Å². The predicted molar refractivity (Wildman–Crippen MR) is 94.6 cm³/mol. The maximum atomic E-state index is 11.8. The van der Waals surface area contributed by atoms with Gasteiger partial charge in [0, 0.05) is 25.4 Å². The van der Waals surface area contributed by atoms with Crippen LogP contribution in [0.4, 0.5) is 4.79 Å². The minimum atomic E-state index is -0.519. The minimum absolute atomic E-state index is 0.408. The summed E-state index contributed by atoms with van der Waals surface area (Å²) in [5.41, 5.74) is 1.02. The average molecular weight is 339 g/mol. The molecule has 0 spiro atoms. The first-order valence-corrected chi connectivity index (χ1v) is 8.15. The number of carbonyl (C=O) groups is 1. The van der Waals surface area contributed by atoms with Crippen LogP contribution >= 0.6 is 0 Å². The van der Waals surface area contributed by atoms with Gasteiger partial charge in [0.2, 0.25) is 0 Å². The topological polar surface area (TPSA) is 81.9 Å². The molecule has 1 amide bonds. The molecule has 7 heteroatoms. The number of rotatable bonds is 4. The second-order valence-corrected chi connectivity index (χ2v) is 6.58. The lowest BCUT2D eigenvalue weighted by atomic mass is 10.2. The standard InChI is InChI=1S/C18H21N5O2/c1-18(2,3)25-17(24)21-12-9-15-22-13-7-6-11-20-16(13)23(15)14-8-4-5-10-19-14/h4-8,10-11H,9,12H2,1-3H3,(H,21,24). The Labute approximate surface area is 146 Å². The molecule has 3 rings (SSSR count). The summed E-state index contributed by atoms with van der Waals surface area (Å²) < 4.78 is 7.16. The van der Waals surface area contributed by atoms with E-state index in [4.69, 9.17) is 4.74 Å². The van der Waals surface area contributed by atoms with E-state index in [0.717, 1.165) is 22.8 Å². The van der Waals surface area contributed by atoms with Gasteiger partial charge in [0.05, 0.1) is 0 Å². The second-order valence-electron chi connectivity index (χ2n) is 6.58. The van der Waals surface area contributed by atoms with Gasteiger partial charge in [-0.15, -0.1) is 0 Å². The molecular weight excluding hydrogens is 318 g/mol. The molecule has 0 aliphatic rings. The van der Waals surface area contributed by atoms with E-state index in [2.05, 4.69) is 20.3 Å². The second kappa shape index (κ2) is 6.88. The molecule has 0 unspecified atom stereocenters. The number of nitrogens with one attached hydrogen (secondary N) is 1. The van der Waals surface area contributed by atoms with Gasteiger partial charge in [-0.1, -0.05) is 6.07 Å². The zero-order valence-electron chi connectivity index (χ0n) is 14.6. The molecular formula is C18H21N5O2. The molecule has 25 heavy (non-hydrogen) atoms. The average Bonchev–Trinajstić information content (AvgIpc) is 2.92. The molecule has 7 nitrogen and oxygen atoms in total. The lowest BCUT2D eigenvalue weighted by Crippen LogP contribution is -2.33. The van der Waals surface area contributed by atoms with E-state index < -0.39 is 11.7 Å². The molecule has 0 atom stereocenters. The molecule has 0 fully saturated rings. The monoisotopic (exact) mass is 339 g/mol. The lowest BCUT2D eigenvalue weighted by Gasteiger charge is -2.19. The number of alkyl carbamates (subject to hydrolysis) is 1. The third kappa shape index (κ3) is 4.12. The summed E-state index contributed by atoms with van der Waals surface area (Å²) in [7, 11) is 0. The smallest absolute Gasteiger partial charge is 0.407 e. The van der Waals surface area contributed by atoms with Crippen LogP contribution in [0.15, 0.2) is 42.7 Å². The molecule has 0 saturated heterocycles. The van der Waals surface area contributed by atoms with Gasteiger partial charge in [-0.05, 0) is 45.0 Å². The van der Waals surface area contributed by atoms with Crippen molar-refractivity contribution in [2.24, 2.45) is 0 Å². The summed E-state index contributed by atoms with van der Waals surface area (Å²) in [6.45, 7) is 5.90. The molecule has 3 aromatic rings. The SMILES string of the molecule is CC(C)(C)OC(=O)NCCc1nc2cccnc2n1-c1ccccn1. The summed E-state index contributed by atoms with van der Waals surface area (Å²) in [6, 6.07) is 9.44. The summed E-state index contributed by atoms with van der Waals surface area (Å²) in [5.74, 6) is 1.53.